The van der Waals surface area contributed by atoms with Gasteiger partial charge < -0.3 is 5.73 Å². The predicted molar refractivity (Wildman–Crippen MR) is 79.1 cm³/mol. The molecule has 0 fully saturated rings. The van der Waals surface area contributed by atoms with E-state index in [2.05, 4.69) is 11.7 Å². The van der Waals surface area contributed by atoms with Gasteiger partial charge in [-0.05, 0) is 30.3 Å². The third-order valence-electron chi connectivity index (χ3n) is 2.38. The average Bonchev–Trinajstić information content (AvgIpc) is 2.43. The first-order valence-electron chi connectivity index (χ1n) is 5.27. The van der Waals surface area contributed by atoms with Gasteiger partial charge in [0.25, 0.3) is 0 Å². The van der Waals surface area contributed by atoms with Crippen molar-refractivity contribution in [2.45, 2.75) is 0 Å². The van der Waals surface area contributed by atoms with Crippen molar-refractivity contribution in [2.24, 2.45) is 11.7 Å². The smallest absolute Gasteiger partial charge is 0.196 e. The number of nitrogen functional groups attached to an aromatic ring is 1. The number of carbonyl (C=O) groups excluding carboxylic acids is 1. The highest BCUT2D eigenvalue weighted by Crippen LogP contribution is 2.24. The van der Waals surface area contributed by atoms with E-state index in [1.165, 1.54) is 0 Å². The lowest BCUT2D eigenvalue weighted by Gasteiger charge is -2.06. The Bertz CT molecular complexity index is 588. The first-order chi connectivity index (χ1) is 9.09. The molecule has 2 aromatic rings. The van der Waals surface area contributed by atoms with Crippen LogP contribution in [-0.2, 0) is 0 Å². The van der Waals surface area contributed by atoms with Crippen LogP contribution in [0, 0.1) is 0 Å². The normalized spacial score (nSPS) is 9.47. The lowest BCUT2D eigenvalue weighted by molar-refractivity contribution is 0.103. The van der Waals surface area contributed by atoms with Gasteiger partial charge in [0, 0.05) is 21.8 Å². The fourth-order valence-corrected chi connectivity index (χ4v) is 1.91. The molecule has 0 unspecified atom stereocenters. The van der Waals surface area contributed by atoms with Crippen LogP contribution in [0.15, 0.2) is 42.5 Å². The molecule has 6 N–H and O–H groups in total. The Morgan fingerprint density at radius 1 is 0.947 bits per heavy atom. The van der Waals surface area contributed by atoms with Crippen molar-refractivity contribution in [3.05, 3.63) is 63.6 Å². The second kappa shape index (κ2) is 7.11. The third kappa shape index (κ3) is 3.68. The van der Waals surface area contributed by atoms with Gasteiger partial charge in [-0.2, -0.15) is 0 Å². The van der Waals surface area contributed by atoms with Crippen LogP contribution in [0.25, 0.3) is 0 Å². The summed E-state index contributed by atoms with van der Waals surface area (Å²) < 4.78 is 0. The molecule has 2 aromatic carbocycles. The minimum Gasteiger partial charge on any atom is -0.398 e. The molecule has 0 aromatic heterocycles. The van der Waals surface area contributed by atoms with Gasteiger partial charge in [0.15, 0.2) is 5.78 Å². The van der Waals surface area contributed by atoms with Gasteiger partial charge >= 0.3 is 0 Å². The zero-order valence-electron chi connectivity index (χ0n) is 9.94. The average molecular weight is 298 g/mol. The van der Waals surface area contributed by atoms with E-state index in [0.29, 0.717) is 26.9 Å². The molecule has 0 aliphatic rings. The number of benzene rings is 2. The van der Waals surface area contributed by atoms with Gasteiger partial charge in [-0.15, -0.1) is 0 Å². The first-order valence-corrected chi connectivity index (χ1v) is 6.03. The molecule has 19 heavy (non-hydrogen) atoms. The van der Waals surface area contributed by atoms with E-state index in [1.807, 2.05) is 0 Å². The standard InChI is InChI=1S/C13H9Cl2NO.H4N2/c14-8-5-6-12(16)10(7-8)13(17)9-3-1-2-4-11(9)15;1-2/h1-7H,16H2;1-2H2. The number of hydrogen-bond donors (Lipinski definition) is 3. The van der Waals surface area contributed by atoms with Gasteiger partial charge in [0.05, 0.1) is 5.02 Å². The second-order valence-electron chi connectivity index (χ2n) is 3.54. The molecule has 0 radical (unpaired) electrons. The minimum absolute atomic E-state index is 0.226. The van der Waals surface area contributed by atoms with Crippen molar-refractivity contribution in [1.82, 2.24) is 0 Å². The molecule has 0 saturated carbocycles. The highest BCUT2D eigenvalue weighted by molar-refractivity contribution is 6.35. The topological polar surface area (TPSA) is 95.1 Å². The summed E-state index contributed by atoms with van der Waals surface area (Å²) in [6.07, 6.45) is 0. The van der Waals surface area contributed by atoms with Crippen LogP contribution in [0.2, 0.25) is 10.0 Å². The van der Waals surface area contributed by atoms with E-state index in [1.54, 1.807) is 42.5 Å². The van der Waals surface area contributed by atoms with Gasteiger partial charge in [0.2, 0.25) is 0 Å². The molecular formula is C13H13Cl2N3O. The van der Waals surface area contributed by atoms with E-state index in [0.717, 1.165) is 0 Å². The van der Waals surface area contributed by atoms with E-state index < -0.39 is 0 Å². The molecule has 0 amide bonds. The number of rotatable bonds is 2. The molecule has 0 aliphatic heterocycles. The van der Waals surface area contributed by atoms with Crippen molar-refractivity contribution in [3.8, 4) is 0 Å². The molecule has 2 rings (SSSR count). The van der Waals surface area contributed by atoms with Crippen molar-refractivity contribution in [2.75, 3.05) is 5.73 Å². The number of hydrogen-bond acceptors (Lipinski definition) is 4. The van der Waals surface area contributed by atoms with Crippen LogP contribution in [-0.4, -0.2) is 5.78 Å². The lowest BCUT2D eigenvalue weighted by Crippen LogP contribution is -2.05. The third-order valence-corrected chi connectivity index (χ3v) is 2.94. The zero-order valence-corrected chi connectivity index (χ0v) is 11.4. The molecule has 0 saturated heterocycles. The first kappa shape index (κ1) is 15.5. The molecular weight excluding hydrogens is 285 g/mol. The summed E-state index contributed by atoms with van der Waals surface area (Å²) in [4.78, 5) is 12.2. The Balaban J connectivity index is 0.000000861. The monoisotopic (exact) mass is 297 g/mol. The van der Waals surface area contributed by atoms with Gasteiger partial charge in [-0.1, -0.05) is 35.3 Å². The Kier molecular flexibility index (Phi) is 5.79. The van der Waals surface area contributed by atoms with Gasteiger partial charge in [-0.3, -0.25) is 16.5 Å². The molecule has 0 atom stereocenters. The van der Waals surface area contributed by atoms with E-state index >= 15 is 0 Å². The SMILES string of the molecule is NN.Nc1ccc(Cl)cc1C(=O)c1ccccc1Cl. The number of halogens is 2. The Labute approximate surface area is 121 Å². The van der Waals surface area contributed by atoms with E-state index in [9.17, 15) is 4.79 Å². The number of hydrazine groups is 1. The Morgan fingerprint density at radius 3 is 2.21 bits per heavy atom. The lowest BCUT2D eigenvalue weighted by atomic mass is 10.0. The van der Waals surface area contributed by atoms with Crippen molar-refractivity contribution < 1.29 is 4.79 Å². The summed E-state index contributed by atoms with van der Waals surface area (Å²) >= 11 is 11.8. The van der Waals surface area contributed by atoms with Crippen molar-refractivity contribution in [1.29, 1.82) is 0 Å². The van der Waals surface area contributed by atoms with Crippen molar-refractivity contribution >= 4 is 34.7 Å². The number of anilines is 1. The van der Waals surface area contributed by atoms with Gasteiger partial charge in [0.1, 0.15) is 0 Å². The molecule has 100 valence electrons. The van der Waals surface area contributed by atoms with Crippen molar-refractivity contribution in [3.63, 3.8) is 0 Å². The zero-order chi connectivity index (χ0) is 14.4. The second-order valence-corrected chi connectivity index (χ2v) is 4.38. The summed E-state index contributed by atoms with van der Waals surface area (Å²) in [5.41, 5.74) is 6.93. The highest BCUT2D eigenvalue weighted by Gasteiger charge is 2.15. The molecule has 4 nitrogen and oxygen atoms in total. The Morgan fingerprint density at radius 2 is 1.58 bits per heavy atom. The quantitative estimate of drug-likeness (QED) is 0.344. The summed E-state index contributed by atoms with van der Waals surface area (Å²) in [5, 5.41) is 0.867. The molecule has 6 heteroatoms. The van der Waals surface area contributed by atoms with Gasteiger partial charge in [-0.25, -0.2) is 0 Å². The highest BCUT2D eigenvalue weighted by atomic mass is 35.5. The molecule has 0 heterocycles. The summed E-state index contributed by atoms with van der Waals surface area (Å²) in [6, 6.07) is 11.6. The molecule has 0 bridgehead atoms. The van der Waals surface area contributed by atoms with Crippen LogP contribution in [0.5, 0.6) is 0 Å². The fourth-order valence-electron chi connectivity index (χ4n) is 1.52. The number of nitrogens with two attached hydrogens (primary N) is 3. The minimum atomic E-state index is -0.226. The predicted octanol–water partition coefficient (Wildman–Crippen LogP) is 2.63. The number of carbonyl (C=O) groups is 1. The van der Waals surface area contributed by atoms with Crippen LogP contribution in [0.4, 0.5) is 5.69 Å². The van der Waals surface area contributed by atoms with Crippen LogP contribution in [0.1, 0.15) is 15.9 Å². The molecule has 0 spiro atoms. The van der Waals surface area contributed by atoms with E-state index in [-0.39, 0.29) is 5.78 Å². The molecule has 0 aliphatic carbocycles. The van der Waals surface area contributed by atoms with E-state index in [4.69, 9.17) is 28.9 Å². The van der Waals surface area contributed by atoms with Crippen LogP contribution in [0.3, 0.4) is 0 Å². The Hall–Kier alpha value is -1.59. The maximum Gasteiger partial charge on any atom is 0.196 e. The largest absolute Gasteiger partial charge is 0.398 e. The maximum atomic E-state index is 12.2. The maximum absolute atomic E-state index is 12.2. The fraction of sp³-hybridized carbons (Fsp3) is 0. The summed E-state index contributed by atoms with van der Waals surface area (Å²) in [7, 11) is 0. The van der Waals surface area contributed by atoms with Crippen LogP contribution >= 0.6 is 23.2 Å². The van der Waals surface area contributed by atoms with Crippen LogP contribution < -0.4 is 17.4 Å². The number of ketones is 1. The summed E-state index contributed by atoms with van der Waals surface area (Å²) in [6.45, 7) is 0. The summed E-state index contributed by atoms with van der Waals surface area (Å²) in [5.74, 6) is 7.77.